The predicted octanol–water partition coefficient (Wildman–Crippen LogP) is 3.17. The van der Waals surface area contributed by atoms with Gasteiger partial charge in [0.25, 0.3) is 0 Å². The zero-order chi connectivity index (χ0) is 16.5. The summed E-state index contributed by atoms with van der Waals surface area (Å²) in [5.74, 6) is 3.22. The van der Waals surface area contributed by atoms with Crippen LogP contribution in [0.2, 0.25) is 0 Å². The van der Waals surface area contributed by atoms with Crippen molar-refractivity contribution >= 4 is 11.6 Å². The van der Waals surface area contributed by atoms with Crippen LogP contribution in [-0.4, -0.2) is 43.6 Å². The Morgan fingerprint density at radius 3 is 2.58 bits per heavy atom. The van der Waals surface area contributed by atoms with Gasteiger partial charge in [-0.25, -0.2) is 0 Å². The molecule has 1 heterocycles. The molecule has 1 saturated heterocycles. The Morgan fingerprint density at radius 2 is 1.92 bits per heavy atom. The Morgan fingerprint density at radius 1 is 1.12 bits per heavy atom. The fourth-order valence-corrected chi connectivity index (χ4v) is 4.95. The van der Waals surface area contributed by atoms with Gasteiger partial charge >= 0.3 is 0 Å². The smallest absolute Gasteiger partial charge is 0.226 e. The van der Waals surface area contributed by atoms with Crippen LogP contribution in [-0.2, 0) is 4.79 Å². The van der Waals surface area contributed by atoms with Crippen LogP contribution < -0.4 is 9.64 Å². The number of hydrogen-bond donors (Lipinski definition) is 0. The summed E-state index contributed by atoms with van der Waals surface area (Å²) in [6, 6.07) is 8.23. The van der Waals surface area contributed by atoms with Crippen LogP contribution in [0.15, 0.2) is 24.3 Å². The number of rotatable bonds is 4. The van der Waals surface area contributed by atoms with Crippen molar-refractivity contribution in [3.63, 3.8) is 0 Å². The molecule has 1 aromatic rings. The monoisotopic (exact) mass is 328 g/mol. The van der Waals surface area contributed by atoms with Crippen molar-refractivity contribution in [2.75, 3.05) is 37.7 Å². The number of nitrogens with zero attached hydrogens (tertiary/aromatic N) is 2. The maximum Gasteiger partial charge on any atom is 0.226 e. The number of ether oxygens (including phenoxy) is 1. The van der Waals surface area contributed by atoms with Crippen molar-refractivity contribution in [3.05, 3.63) is 24.3 Å². The van der Waals surface area contributed by atoms with Crippen molar-refractivity contribution in [2.24, 2.45) is 17.8 Å². The van der Waals surface area contributed by atoms with Crippen LogP contribution in [0.3, 0.4) is 0 Å². The summed E-state index contributed by atoms with van der Waals surface area (Å²) in [5, 5.41) is 0. The molecule has 2 saturated carbocycles. The van der Waals surface area contributed by atoms with Crippen LogP contribution in [0.25, 0.3) is 0 Å². The number of carbonyl (C=O) groups excluding carboxylic acids is 1. The van der Waals surface area contributed by atoms with Gasteiger partial charge < -0.3 is 14.5 Å². The van der Waals surface area contributed by atoms with Gasteiger partial charge in [0.15, 0.2) is 0 Å². The van der Waals surface area contributed by atoms with Crippen LogP contribution >= 0.6 is 0 Å². The molecule has 3 atom stereocenters. The topological polar surface area (TPSA) is 32.8 Å². The van der Waals surface area contributed by atoms with E-state index in [1.165, 1.54) is 19.3 Å². The summed E-state index contributed by atoms with van der Waals surface area (Å²) in [6.07, 6.45) is 5.09. The molecule has 0 unspecified atom stereocenters. The molecule has 0 N–H and O–H groups in total. The summed E-state index contributed by atoms with van der Waals surface area (Å²) in [4.78, 5) is 17.4. The van der Waals surface area contributed by atoms with Crippen LogP contribution in [0, 0.1) is 17.8 Å². The van der Waals surface area contributed by atoms with Gasteiger partial charge in [0.05, 0.1) is 12.3 Å². The fraction of sp³-hybridized carbons (Fsp3) is 0.650. The first-order valence-electron chi connectivity index (χ1n) is 9.52. The average molecular weight is 328 g/mol. The number of amides is 1. The molecule has 130 valence electrons. The molecular weight excluding hydrogens is 300 g/mol. The van der Waals surface area contributed by atoms with Gasteiger partial charge in [-0.3, -0.25) is 4.79 Å². The molecule has 3 fully saturated rings. The molecule has 0 aromatic heterocycles. The third-order valence-electron chi connectivity index (χ3n) is 6.15. The van der Waals surface area contributed by atoms with E-state index < -0.39 is 0 Å². The lowest BCUT2D eigenvalue weighted by Crippen LogP contribution is -2.51. The molecule has 3 aliphatic rings. The maximum atomic E-state index is 12.9. The lowest BCUT2D eigenvalue weighted by Gasteiger charge is -2.38. The molecule has 1 aliphatic heterocycles. The van der Waals surface area contributed by atoms with Gasteiger partial charge in [0, 0.05) is 32.1 Å². The average Bonchev–Trinajstić information content (AvgIpc) is 3.25. The quantitative estimate of drug-likeness (QED) is 0.851. The molecule has 4 nitrogen and oxygen atoms in total. The van der Waals surface area contributed by atoms with Crippen molar-refractivity contribution in [3.8, 4) is 5.75 Å². The minimum Gasteiger partial charge on any atom is -0.492 e. The third kappa shape index (κ3) is 2.87. The van der Waals surface area contributed by atoms with Crippen molar-refractivity contribution < 1.29 is 9.53 Å². The van der Waals surface area contributed by atoms with Crippen LogP contribution in [0.1, 0.15) is 32.6 Å². The number of piperazine rings is 1. The molecule has 0 radical (unpaired) electrons. The van der Waals surface area contributed by atoms with Gasteiger partial charge in [-0.15, -0.1) is 0 Å². The first-order chi connectivity index (χ1) is 11.8. The third-order valence-corrected chi connectivity index (χ3v) is 6.15. The first kappa shape index (κ1) is 15.8. The number of hydrogen-bond acceptors (Lipinski definition) is 3. The molecule has 1 amide bonds. The van der Waals surface area contributed by atoms with Crippen molar-refractivity contribution in [2.45, 2.75) is 32.6 Å². The summed E-state index contributed by atoms with van der Waals surface area (Å²) in [6.45, 7) is 6.18. The highest BCUT2D eigenvalue weighted by atomic mass is 16.5. The van der Waals surface area contributed by atoms with Gasteiger partial charge in [-0.05, 0) is 50.2 Å². The lowest BCUT2D eigenvalue weighted by atomic mass is 9.87. The van der Waals surface area contributed by atoms with Gasteiger partial charge in [-0.2, -0.15) is 0 Å². The number of anilines is 1. The Balaban J connectivity index is 1.38. The summed E-state index contributed by atoms with van der Waals surface area (Å²) >= 11 is 0. The highest BCUT2D eigenvalue weighted by Crippen LogP contribution is 2.49. The second kappa shape index (κ2) is 6.66. The maximum absolute atomic E-state index is 12.9. The van der Waals surface area contributed by atoms with E-state index in [0.29, 0.717) is 24.3 Å². The largest absolute Gasteiger partial charge is 0.492 e. The van der Waals surface area contributed by atoms with Gasteiger partial charge in [0.1, 0.15) is 5.75 Å². The second-order valence-corrected chi connectivity index (χ2v) is 7.49. The van der Waals surface area contributed by atoms with E-state index in [4.69, 9.17) is 4.74 Å². The Bertz CT molecular complexity index is 595. The molecule has 24 heavy (non-hydrogen) atoms. The highest BCUT2D eigenvalue weighted by Gasteiger charge is 2.44. The normalized spacial score (nSPS) is 29.1. The minimum atomic E-state index is 0.325. The van der Waals surface area contributed by atoms with E-state index in [0.717, 1.165) is 50.0 Å². The molecule has 4 heteroatoms. The fourth-order valence-electron chi connectivity index (χ4n) is 4.95. The van der Waals surface area contributed by atoms with E-state index in [1.807, 2.05) is 19.1 Å². The van der Waals surface area contributed by atoms with E-state index >= 15 is 0 Å². The SMILES string of the molecule is CCOc1ccccc1N1CCN(C(=O)[C@H]2C[C@@H]3CC[C@H]2C3)CC1. The van der Waals surface area contributed by atoms with E-state index in [-0.39, 0.29) is 0 Å². The van der Waals surface area contributed by atoms with Gasteiger partial charge in [-0.1, -0.05) is 18.6 Å². The van der Waals surface area contributed by atoms with E-state index in [2.05, 4.69) is 21.9 Å². The van der Waals surface area contributed by atoms with Crippen LogP contribution in [0.5, 0.6) is 5.75 Å². The molecule has 4 rings (SSSR count). The Labute approximate surface area is 144 Å². The summed E-state index contributed by atoms with van der Waals surface area (Å²) in [5.41, 5.74) is 1.16. The molecule has 2 aliphatic carbocycles. The number of benzene rings is 1. The second-order valence-electron chi connectivity index (χ2n) is 7.49. The van der Waals surface area contributed by atoms with E-state index in [9.17, 15) is 4.79 Å². The van der Waals surface area contributed by atoms with Gasteiger partial charge in [0.2, 0.25) is 5.91 Å². The summed E-state index contributed by atoms with van der Waals surface area (Å²) < 4.78 is 5.76. The van der Waals surface area contributed by atoms with E-state index in [1.54, 1.807) is 0 Å². The molecule has 1 aromatic carbocycles. The summed E-state index contributed by atoms with van der Waals surface area (Å²) in [7, 11) is 0. The zero-order valence-corrected chi connectivity index (χ0v) is 14.6. The molecule has 2 bridgehead atoms. The minimum absolute atomic E-state index is 0.325. The van der Waals surface area contributed by atoms with Crippen molar-refractivity contribution in [1.29, 1.82) is 0 Å². The number of carbonyl (C=O) groups is 1. The standard InChI is InChI=1S/C20H28N2O2/c1-2-24-19-6-4-3-5-18(19)21-9-11-22(12-10-21)20(23)17-14-15-7-8-16(17)13-15/h3-6,15-17H,2,7-14H2,1H3/t15-,16+,17+/m1/s1. The lowest BCUT2D eigenvalue weighted by molar-refractivity contribution is -0.137. The van der Waals surface area contributed by atoms with Crippen molar-refractivity contribution in [1.82, 2.24) is 4.90 Å². The Hall–Kier alpha value is -1.71. The molecule has 0 spiro atoms. The number of para-hydroxylation sites is 2. The highest BCUT2D eigenvalue weighted by molar-refractivity contribution is 5.80. The molecular formula is C20H28N2O2. The number of fused-ring (bicyclic) bond motifs is 2. The Kier molecular flexibility index (Phi) is 4.38. The zero-order valence-electron chi connectivity index (χ0n) is 14.6. The predicted molar refractivity (Wildman–Crippen MR) is 95.3 cm³/mol. The first-order valence-corrected chi connectivity index (χ1v) is 9.52. The van der Waals surface area contributed by atoms with Crippen LogP contribution in [0.4, 0.5) is 5.69 Å².